The molecule has 1 unspecified atom stereocenters. The summed E-state index contributed by atoms with van der Waals surface area (Å²) in [6, 6.07) is 6.98. The second kappa shape index (κ2) is 5.94. The Balaban J connectivity index is 1.62. The highest BCUT2D eigenvalue weighted by Gasteiger charge is 2.18. The lowest BCUT2D eigenvalue weighted by Gasteiger charge is -2.25. The predicted octanol–water partition coefficient (Wildman–Crippen LogP) is 3.11. The monoisotopic (exact) mass is 288 g/mol. The minimum atomic E-state index is 0.539. The third kappa shape index (κ3) is 3.02. The highest BCUT2D eigenvalue weighted by Crippen LogP contribution is 2.25. The molecular weight excluding hydrogens is 268 g/mol. The van der Waals surface area contributed by atoms with Crippen LogP contribution in [0.3, 0.4) is 0 Å². The zero-order valence-electron chi connectivity index (χ0n) is 12.0. The molecule has 2 aromatic rings. The Bertz CT molecular complexity index is 594. The van der Waals surface area contributed by atoms with Gasteiger partial charge in [0.25, 0.3) is 0 Å². The van der Waals surface area contributed by atoms with Gasteiger partial charge in [0.2, 0.25) is 0 Å². The number of rotatable bonds is 4. The molecule has 1 aromatic heterocycles. The van der Waals surface area contributed by atoms with Crippen molar-refractivity contribution in [2.75, 3.05) is 7.11 Å². The normalized spacial score (nSPS) is 17.8. The first-order valence-electron chi connectivity index (χ1n) is 7.05. The molecule has 0 amide bonds. The number of benzene rings is 1. The number of nitrogens with zero attached hydrogens (tertiary/aromatic N) is 1. The smallest absolute Gasteiger partial charge is 0.119 e. The summed E-state index contributed by atoms with van der Waals surface area (Å²) in [4.78, 5) is 4.50. The van der Waals surface area contributed by atoms with E-state index in [0.29, 0.717) is 6.04 Å². The number of hydrogen-bond acceptors (Lipinski definition) is 4. The van der Waals surface area contributed by atoms with E-state index in [1.54, 1.807) is 18.4 Å². The largest absolute Gasteiger partial charge is 0.497 e. The van der Waals surface area contributed by atoms with Gasteiger partial charge in [-0.25, -0.2) is 4.98 Å². The summed E-state index contributed by atoms with van der Waals surface area (Å²) < 4.78 is 5.32. The van der Waals surface area contributed by atoms with E-state index >= 15 is 0 Å². The molecule has 0 spiro atoms. The highest BCUT2D eigenvalue weighted by molar-refractivity contribution is 7.09. The van der Waals surface area contributed by atoms with E-state index in [2.05, 4.69) is 40.8 Å². The summed E-state index contributed by atoms with van der Waals surface area (Å²) in [5.41, 5.74) is 4.04. The number of aryl methyl sites for hydroxylation is 2. The molecule has 4 heteroatoms. The van der Waals surface area contributed by atoms with E-state index in [9.17, 15) is 0 Å². The van der Waals surface area contributed by atoms with Crippen LogP contribution >= 0.6 is 11.3 Å². The Morgan fingerprint density at radius 3 is 3.05 bits per heavy atom. The van der Waals surface area contributed by atoms with Crippen LogP contribution in [0.5, 0.6) is 5.75 Å². The molecule has 0 radical (unpaired) electrons. The average molecular weight is 288 g/mol. The molecule has 0 fully saturated rings. The quantitative estimate of drug-likeness (QED) is 0.938. The van der Waals surface area contributed by atoms with Crippen LogP contribution in [0.15, 0.2) is 23.6 Å². The van der Waals surface area contributed by atoms with Crippen molar-refractivity contribution >= 4 is 11.3 Å². The topological polar surface area (TPSA) is 34.1 Å². The van der Waals surface area contributed by atoms with Gasteiger partial charge in [0.15, 0.2) is 0 Å². The molecule has 1 N–H and O–H groups in total. The van der Waals surface area contributed by atoms with Crippen LogP contribution in [0, 0.1) is 6.92 Å². The summed E-state index contributed by atoms with van der Waals surface area (Å²) in [5, 5.41) is 6.91. The third-order valence-corrected chi connectivity index (χ3v) is 4.70. The fraction of sp³-hybridized carbons (Fsp3) is 0.438. The van der Waals surface area contributed by atoms with E-state index in [0.717, 1.165) is 35.8 Å². The first-order chi connectivity index (χ1) is 9.74. The first-order valence-corrected chi connectivity index (χ1v) is 7.93. The Hall–Kier alpha value is -1.39. The molecule has 1 aromatic carbocycles. The predicted molar refractivity (Wildman–Crippen MR) is 82.5 cm³/mol. The van der Waals surface area contributed by atoms with Crippen molar-refractivity contribution in [2.45, 2.75) is 38.8 Å². The highest BCUT2D eigenvalue weighted by atomic mass is 32.1. The van der Waals surface area contributed by atoms with E-state index in [1.165, 1.54) is 17.5 Å². The van der Waals surface area contributed by atoms with Crippen molar-refractivity contribution in [3.05, 3.63) is 45.4 Å². The van der Waals surface area contributed by atoms with Gasteiger partial charge in [-0.2, -0.15) is 0 Å². The fourth-order valence-electron chi connectivity index (χ4n) is 2.77. The van der Waals surface area contributed by atoms with Gasteiger partial charge in [-0.3, -0.25) is 0 Å². The number of methoxy groups -OCH3 is 1. The second-order valence-corrected chi connectivity index (χ2v) is 6.38. The zero-order chi connectivity index (χ0) is 13.9. The van der Waals surface area contributed by atoms with Crippen molar-refractivity contribution in [3.63, 3.8) is 0 Å². The maximum atomic E-state index is 5.32. The van der Waals surface area contributed by atoms with Gasteiger partial charge >= 0.3 is 0 Å². The molecule has 0 saturated carbocycles. The van der Waals surface area contributed by atoms with Crippen LogP contribution in [0.2, 0.25) is 0 Å². The van der Waals surface area contributed by atoms with Crippen LogP contribution in [-0.2, 0) is 19.4 Å². The number of aromatic nitrogens is 1. The molecular formula is C16H20N2OS. The molecule has 1 heterocycles. The Morgan fingerprint density at radius 2 is 2.30 bits per heavy atom. The number of fused-ring (bicyclic) bond motifs is 1. The Kier molecular flexibility index (Phi) is 4.03. The van der Waals surface area contributed by atoms with Crippen molar-refractivity contribution in [2.24, 2.45) is 0 Å². The SMILES string of the molecule is COc1ccc2c(c1)CC(NCc1csc(C)n1)CC2. The zero-order valence-corrected chi connectivity index (χ0v) is 12.8. The van der Waals surface area contributed by atoms with Gasteiger partial charge in [0, 0.05) is 18.0 Å². The maximum Gasteiger partial charge on any atom is 0.119 e. The maximum absolute atomic E-state index is 5.32. The second-order valence-electron chi connectivity index (χ2n) is 5.31. The molecule has 1 aliphatic rings. The van der Waals surface area contributed by atoms with Crippen molar-refractivity contribution in [1.82, 2.24) is 10.3 Å². The summed E-state index contributed by atoms with van der Waals surface area (Å²) in [5.74, 6) is 0.958. The molecule has 20 heavy (non-hydrogen) atoms. The van der Waals surface area contributed by atoms with Gasteiger partial charge in [0.1, 0.15) is 5.75 Å². The van der Waals surface area contributed by atoms with E-state index in [1.807, 2.05) is 0 Å². The fourth-order valence-corrected chi connectivity index (χ4v) is 3.39. The van der Waals surface area contributed by atoms with Gasteiger partial charge in [-0.1, -0.05) is 6.07 Å². The van der Waals surface area contributed by atoms with Crippen LogP contribution in [0.25, 0.3) is 0 Å². The number of hydrogen-bond donors (Lipinski definition) is 1. The molecule has 3 rings (SSSR count). The van der Waals surface area contributed by atoms with Crippen molar-refractivity contribution in [3.8, 4) is 5.75 Å². The molecule has 1 aliphatic carbocycles. The Labute approximate surface area is 124 Å². The van der Waals surface area contributed by atoms with Crippen molar-refractivity contribution in [1.29, 1.82) is 0 Å². The minimum Gasteiger partial charge on any atom is -0.497 e. The summed E-state index contributed by atoms with van der Waals surface area (Å²) >= 11 is 1.72. The summed E-state index contributed by atoms with van der Waals surface area (Å²) in [6.07, 6.45) is 3.42. The lowest BCUT2D eigenvalue weighted by atomic mass is 9.88. The molecule has 0 bridgehead atoms. The van der Waals surface area contributed by atoms with Gasteiger partial charge < -0.3 is 10.1 Å². The van der Waals surface area contributed by atoms with Gasteiger partial charge in [0.05, 0.1) is 17.8 Å². The van der Waals surface area contributed by atoms with Crippen LogP contribution in [-0.4, -0.2) is 18.1 Å². The van der Waals surface area contributed by atoms with Crippen LogP contribution < -0.4 is 10.1 Å². The number of thiazole rings is 1. The van der Waals surface area contributed by atoms with Crippen LogP contribution in [0.4, 0.5) is 0 Å². The van der Waals surface area contributed by atoms with Crippen molar-refractivity contribution < 1.29 is 4.74 Å². The third-order valence-electron chi connectivity index (χ3n) is 3.88. The van der Waals surface area contributed by atoms with Gasteiger partial charge in [-0.05, 0) is 49.4 Å². The average Bonchev–Trinajstić information content (AvgIpc) is 2.90. The first kappa shape index (κ1) is 13.6. The lowest BCUT2D eigenvalue weighted by Crippen LogP contribution is -2.34. The molecule has 1 atom stereocenters. The molecule has 3 nitrogen and oxygen atoms in total. The lowest BCUT2D eigenvalue weighted by molar-refractivity contribution is 0.410. The molecule has 106 valence electrons. The van der Waals surface area contributed by atoms with E-state index < -0.39 is 0 Å². The van der Waals surface area contributed by atoms with Crippen LogP contribution in [0.1, 0.15) is 28.2 Å². The number of nitrogens with one attached hydrogen (secondary N) is 1. The van der Waals surface area contributed by atoms with E-state index in [4.69, 9.17) is 4.74 Å². The Morgan fingerprint density at radius 1 is 1.40 bits per heavy atom. The van der Waals surface area contributed by atoms with Gasteiger partial charge in [-0.15, -0.1) is 11.3 Å². The number of ether oxygens (including phenoxy) is 1. The van der Waals surface area contributed by atoms with E-state index in [-0.39, 0.29) is 0 Å². The molecule has 0 saturated heterocycles. The summed E-state index contributed by atoms with van der Waals surface area (Å²) in [7, 11) is 1.73. The standard InChI is InChI=1S/C16H20N2OS/c1-11-18-15(10-20-11)9-17-14-5-3-12-4-6-16(19-2)8-13(12)7-14/h4,6,8,10,14,17H,3,5,7,9H2,1-2H3. The minimum absolute atomic E-state index is 0.539. The molecule has 0 aliphatic heterocycles. The summed E-state index contributed by atoms with van der Waals surface area (Å²) in [6.45, 7) is 2.92.